The van der Waals surface area contributed by atoms with Gasteiger partial charge >= 0.3 is 0 Å². The van der Waals surface area contributed by atoms with Crippen LogP contribution in [0.1, 0.15) is 117 Å². The standard InChI is InChI=1S/C26H46ClNO2.Y/c1-4-19-5-7-20(8-6-19)17-21-9-11-22(12-10-21)18-23-13-15-24(16-14-23)28-25(29)30-26(2,3)27;/h19-24H,4-18H2,1-3H3,(H,28,29);/p-1. The van der Waals surface area contributed by atoms with E-state index in [0.717, 1.165) is 42.4 Å². The maximum atomic E-state index is 11.9. The number of hydrogen-bond donors (Lipinski definition) is 0. The fourth-order valence-electron chi connectivity index (χ4n) is 6.41. The summed E-state index contributed by atoms with van der Waals surface area (Å²) >= 11 is 5.95. The van der Waals surface area contributed by atoms with Crippen LogP contribution in [0.15, 0.2) is 0 Å². The van der Waals surface area contributed by atoms with Gasteiger partial charge in [0, 0.05) is 32.7 Å². The van der Waals surface area contributed by atoms with Gasteiger partial charge in [0.1, 0.15) is 0 Å². The monoisotopic (exact) mass is 527 g/mol. The number of ether oxygens (including phenoxy) is 1. The summed E-state index contributed by atoms with van der Waals surface area (Å²) in [6.07, 6.45) is 20.1. The SMILES string of the molecule is CCC1CCC(CC2CCC(CC3CCC([N-]C(=O)OC(C)(C)Cl)CC3)CC2)CC1.[Y]. The first-order valence-corrected chi connectivity index (χ1v) is 13.3. The van der Waals surface area contributed by atoms with E-state index in [9.17, 15) is 4.79 Å². The summed E-state index contributed by atoms with van der Waals surface area (Å²) in [5, 5.41) is 3.27. The van der Waals surface area contributed by atoms with Crippen LogP contribution in [0.4, 0.5) is 4.79 Å². The predicted octanol–water partition coefficient (Wildman–Crippen LogP) is 8.83. The van der Waals surface area contributed by atoms with Crippen LogP contribution in [-0.4, -0.2) is 17.2 Å². The molecular formula is C26H45ClNO2Y-. The van der Waals surface area contributed by atoms with E-state index in [-0.39, 0.29) is 38.8 Å². The third-order valence-electron chi connectivity index (χ3n) is 8.28. The molecule has 5 heteroatoms. The fraction of sp³-hybridized carbons (Fsp3) is 0.962. The number of halogens is 1. The average molecular weight is 528 g/mol. The van der Waals surface area contributed by atoms with Crippen LogP contribution in [0, 0.1) is 29.6 Å². The molecule has 3 aliphatic carbocycles. The van der Waals surface area contributed by atoms with Gasteiger partial charge < -0.3 is 10.1 Å². The second-order valence-corrected chi connectivity index (χ2v) is 12.1. The first kappa shape index (κ1) is 27.9. The van der Waals surface area contributed by atoms with E-state index in [1.54, 1.807) is 13.8 Å². The molecule has 1 amide bonds. The molecule has 0 bridgehead atoms. The normalized spacial score (nSPS) is 34.5. The van der Waals surface area contributed by atoms with E-state index >= 15 is 0 Å². The van der Waals surface area contributed by atoms with Gasteiger partial charge in [0.15, 0.2) is 5.06 Å². The van der Waals surface area contributed by atoms with Crippen LogP contribution in [0.25, 0.3) is 5.32 Å². The third kappa shape index (κ3) is 10.2. The van der Waals surface area contributed by atoms with Crippen LogP contribution in [0.3, 0.4) is 0 Å². The summed E-state index contributed by atoms with van der Waals surface area (Å²) in [5.74, 6) is 4.85. The molecule has 0 N–H and O–H groups in total. The van der Waals surface area contributed by atoms with Crippen molar-refractivity contribution in [1.29, 1.82) is 0 Å². The Kier molecular flexibility index (Phi) is 12.2. The fourth-order valence-corrected chi connectivity index (χ4v) is 6.48. The van der Waals surface area contributed by atoms with Gasteiger partial charge in [-0.1, -0.05) is 102 Å². The Morgan fingerprint density at radius 2 is 1.13 bits per heavy atom. The largest absolute Gasteiger partial charge is 0.615 e. The summed E-state index contributed by atoms with van der Waals surface area (Å²) < 4.78 is 5.12. The van der Waals surface area contributed by atoms with Crippen molar-refractivity contribution in [3.8, 4) is 0 Å². The number of carbonyl (C=O) groups is 1. The molecule has 0 aromatic heterocycles. The van der Waals surface area contributed by atoms with Crippen LogP contribution in [-0.2, 0) is 37.4 Å². The van der Waals surface area contributed by atoms with Gasteiger partial charge in [-0.15, -0.1) is 6.04 Å². The van der Waals surface area contributed by atoms with Crippen molar-refractivity contribution in [2.45, 2.75) is 128 Å². The molecular weight excluding hydrogens is 483 g/mol. The summed E-state index contributed by atoms with van der Waals surface area (Å²) in [5.41, 5.74) is 0. The molecule has 3 nitrogen and oxygen atoms in total. The predicted molar refractivity (Wildman–Crippen MR) is 126 cm³/mol. The Balaban J connectivity index is 0.00000341. The third-order valence-corrected chi connectivity index (χ3v) is 8.35. The second kappa shape index (κ2) is 13.5. The minimum absolute atomic E-state index is 0. The average Bonchev–Trinajstić information content (AvgIpc) is 2.70. The van der Waals surface area contributed by atoms with Gasteiger partial charge in [0.05, 0.1) is 0 Å². The van der Waals surface area contributed by atoms with E-state index < -0.39 is 11.2 Å². The summed E-state index contributed by atoms with van der Waals surface area (Å²) in [6.45, 7) is 5.71. The molecule has 3 saturated carbocycles. The van der Waals surface area contributed by atoms with Crippen molar-refractivity contribution in [3.05, 3.63) is 5.32 Å². The van der Waals surface area contributed by atoms with Crippen LogP contribution in [0.5, 0.6) is 0 Å². The molecule has 0 aromatic rings. The van der Waals surface area contributed by atoms with E-state index in [0.29, 0.717) is 0 Å². The zero-order chi connectivity index (χ0) is 21.6. The summed E-state index contributed by atoms with van der Waals surface area (Å²) in [4.78, 5) is 11.9. The van der Waals surface area contributed by atoms with Crippen molar-refractivity contribution >= 4 is 17.7 Å². The molecule has 3 aliphatic rings. The number of carbonyl (C=O) groups excluding carboxylic acids is 1. The summed E-state index contributed by atoms with van der Waals surface area (Å²) in [6, 6.07) is 0.131. The van der Waals surface area contributed by atoms with Gasteiger partial charge in [-0.3, -0.25) is 4.79 Å². The van der Waals surface area contributed by atoms with Crippen LogP contribution < -0.4 is 0 Å². The quantitative estimate of drug-likeness (QED) is 0.310. The Morgan fingerprint density at radius 3 is 1.48 bits per heavy atom. The maximum Gasteiger partial charge on any atom is 0.231 e. The Bertz CT molecular complexity index is 514. The maximum absolute atomic E-state index is 11.9. The Morgan fingerprint density at radius 1 is 0.774 bits per heavy atom. The number of alkyl halides is 1. The molecule has 0 aromatic carbocycles. The van der Waals surface area contributed by atoms with Crippen molar-refractivity contribution < 1.29 is 42.2 Å². The van der Waals surface area contributed by atoms with Crippen LogP contribution in [0.2, 0.25) is 0 Å². The topological polar surface area (TPSA) is 40.4 Å². The minimum atomic E-state index is -0.967. The molecule has 31 heavy (non-hydrogen) atoms. The van der Waals surface area contributed by atoms with E-state index in [4.69, 9.17) is 16.3 Å². The zero-order valence-electron chi connectivity index (χ0n) is 20.3. The number of nitrogens with zero attached hydrogens (tertiary/aromatic N) is 1. The smallest absolute Gasteiger partial charge is 0.231 e. The Hall–Kier alpha value is 0.664. The Labute approximate surface area is 221 Å². The van der Waals surface area contributed by atoms with Crippen molar-refractivity contribution in [1.82, 2.24) is 0 Å². The molecule has 1 radical (unpaired) electrons. The number of amides is 1. The van der Waals surface area contributed by atoms with E-state index in [2.05, 4.69) is 12.2 Å². The molecule has 0 unspecified atom stereocenters. The van der Waals surface area contributed by atoms with E-state index in [1.165, 1.54) is 83.5 Å². The summed E-state index contributed by atoms with van der Waals surface area (Å²) in [7, 11) is 0. The molecule has 0 spiro atoms. The molecule has 3 fully saturated rings. The molecule has 0 atom stereocenters. The molecule has 0 aliphatic heterocycles. The van der Waals surface area contributed by atoms with Gasteiger partial charge in [-0.05, 0) is 56.3 Å². The van der Waals surface area contributed by atoms with Gasteiger partial charge in [-0.2, -0.15) is 0 Å². The number of hydrogen-bond acceptors (Lipinski definition) is 2. The van der Waals surface area contributed by atoms with Crippen molar-refractivity contribution in [2.75, 3.05) is 0 Å². The molecule has 177 valence electrons. The number of rotatable bonds is 7. The zero-order valence-corrected chi connectivity index (χ0v) is 23.9. The van der Waals surface area contributed by atoms with Crippen molar-refractivity contribution in [2.24, 2.45) is 29.6 Å². The van der Waals surface area contributed by atoms with Crippen LogP contribution >= 0.6 is 11.6 Å². The van der Waals surface area contributed by atoms with Gasteiger partial charge in [0.2, 0.25) is 6.09 Å². The van der Waals surface area contributed by atoms with Gasteiger partial charge in [0.25, 0.3) is 0 Å². The minimum Gasteiger partial charge on any atom is -0.615 e. The van der Waals surface area contributed by atoms with Gasteiger partial charge in [-0.25, -0.2) is 0 Å². The molecule has 0 heterocycles. The first-order valence-electron chi connectivity index (χ1n) is 12.9. The van der Waals surface area contributed by atoms with E-state index in [1.807, 2.05) is 0 Å². The molecule has 3 rings (SSSR count). The second-order valence-electron chi connectivity index (χ2n) is 11.2. The first-order chi connectivity index (χ1) is 14.3. The molecule has 0 saturated heterocycles. The van der Waals surface area contributed by atoms with Crippen molar-refractivity contribution in [3.63, 3.8) is 0 Å².